The van der Waals surface area contributed by atoms with Crippen LogP contribution in [0.3, 0.4) is 0 Å². The summed E-state index contributed by atoms with van der Waals surface area (Å²) >= 11 is 0. The number of methoxy groups -OCH3 is 1. The van der Waals surface area contributed by atoms with Gasteiger partial charge in [-0.25, -0.2) is 0 Å². The molecule has 0 N–H and O–H groups in total. The summed E-state index contributed by atoms with van der Waals surface area (Å²) in [7, 11) is 1.63. The molecule has 1 aliphatic heterocycles. The minimum atomic E-state index is -0.112. The lowest BCUT2D eigenvalue weighted by molar-refractivity contribution is 0.104. The highest BCUT2D eigenvalue weighted by molar-refractivity contribution is 6.07. The predicted octanol–water partition coefficient (Wildman–Crippen LogP) is 5.67. The summed E-state index contributed by atoms with van der Waals surface area (Å²) in [5.41, 5.74) is 3.39. The van der Waals surface area contributed by atoms with Gasteiger partial charge in [0.25, 0.3) is 0 Å². The number of para-hydroxylation sites is 1. The highest BCUT2D eigenvalue weighted by Crippen LogP contribution is 2.31. The molecule has 3 aromatic carbocycles. The number of hydrogen-bond donors (Lipinski definition) is 0. The van der Waals surface area contributed by atoms with E-state index in [2.05, 4.69) is 6.58 Å². The Morgan fingerprint density at radius 1 is 0.970 bits per heavy atom. The molecule has 0 saturated carbocycles. The van der Waals surface area contributed by atoms with E-state index in [9.17, 15) is 4.79 Å². The average molecular weight is 443 g/mol. The van der Waals surface area contributed by atoms with Crippen molar-refractivity contribution in [2.24, 2.45) is 0 Å². The van der Waals surface area contributed by atoms with Crippen molar-refractivity contribution in [2.45, 2.75) is 13.0 Å². The topological polar surface area (TPSA) is 54.0 Å². The molecule has 0 unspecified atom stereocenters. The summed E-state index contributed by atoms with van der Waals surface area (Å²) in [5, 5.41) is 0. The molecule has 0 spiro atoms. The SMILES string of the molecule is C=CCc1ccccc1OCc1cc(/C=C/C(=O)c2ccc3c(c2)OCCO3)ccc1OC. The number of benzene rings is 3. The van der Waals surface area contributed by atoms with Crippen molar-refractivity contribution < 1.29 is 23.7 Å². The van der Waals surface area contributed by atoms with Gasteiger partial charge in [0.15, 0.2) is 17.3 Å². The van der Waals surface area contributed by atoms with E-state index >= 15 is 0 Å². The molecule has 0 aliphatic carbocycles. The van der Waals surface area contributed by atoms with Gasteiger partial charge in [-0.05, 0) is 60.0 Å². The van der Waals surface area contributed by atoms with E-state index in [0.717, 1.165) is 34.6 Å². The van der Waals surface area contributed by atoms with Gasteiger partial charge in [-0.15, -0.1) is 6.58 Å². The molecule has 5 nitrogen and oxygen atoms in total. The van der Waals surface area contributed by atoms with Crippen molar-refractivity contribution in [1.29, 1.82) is 0 Å². The average Bonchev–Trinajstić information content (AvgIpc) is 2.86. The molecular weight excluding hydrogens is 416 g/mol. The number of carbonyl (C=O) groups is 1. The van der Waals surface area contributed by atoms with Gasteiger partial charge in [0.1, 0.15) is 31.3 Å². The molecule has 33 heavy (non-hydrogen) atoms. The minimum absolute atomic E-state index is 0.112. The fourth-order valence-corrected chi connectivity index (χ4v) is 3.60. The summed E-state index contributed by atoms with van der Waals surface area (Å²) in [4.78, 5) is 12.7. The zero-order valence-electron chi connectivity index (χ0n) is 18.6. The molecule has 0 radical (unpaired) electrons. The third kappa shape index (κ3) is 5.44. The second-order valence-electron chi connectivity index (χ2n) is 7.52. The van der Waals surface area contributed by atoms with Crippen LogP contribution in [-0.4, -0.2) is 26.1 Å². The van der Waals surface area contributed by atoms with Crippen LogP contribution in [0.25, 0.3) is 6.08 Å². The summed E-state index contributed by atoms with van der Waals surface area (Å²) in [6.07, 6.45) is 5.93. The van der Waals surface area contributed by atoms with E-state index in [1.165, 1.54) is 0 Å². The fourth-order valence-electron chi connectivity index (χ4n) is 3.60. The molecular formula is C28H26O5. The van der Waals surface area contributed by atoms with E-state index in [-0.39, 0.29) is 5.78 Å². The van der Waals surface area contributed by atoms with Crippen LogP contribution in [0.5, 0.6) is 23.0 Å². The molecule has 3 aromatic rings. The third-order valence-corrected chi connectivity index (χ3v) is 5.28. The van der Waals surface area contributed by atoms with Gasteiger partial charge < -0.3 is 18.9 Å². The number of ether oxygens (including phenoxy) is 4. The largest absolute Gasteiger partial charge is 0.496 e. The summed E-state index contributed by atoms with van der Waals surface area (Å²) in [5.74, 6) is 2.69. The van der Waals surface area contributed by atoms with Gasteiger partial charge in [0.05, 0.1) is 7.11 Å². The zero-order valence-corrected chi connectivity index (χ0v) is 18.6. The first-order chi connectivity index (χ1) is 16.2. The first-order valence-electron chi connectivity index (χ1n) is 10.8. The Bertz CT molecular complexity index is 1180. The Morgan fingerprint density at radius 2 is 1.79 bits per heavy atom. The van der Waals surface area contributed by atoms with Crippen LogP contribution in [0, 0.1) is 0 Å². The molecule has 0 bridgehead atoms. The van der Waals surface area contributed by atoms with Gasteiger partial charge in [-0.2, -0.15) is 0 Å². The van der Waals surface area contributed by atoms with Crippen LogP contribution in [0.15, 0.2) is 79.4 Å². The Kier molecular flexibility index (Phi) is 7.10. The highest BCUT2D eigenvalue weighted by atomic mass is 16.6. The van der Waals surface area contributed by atoms with Crippen LogP contribution in [0.1, 0.15) is 27.0 Å². The number of rotatable bonds is 9. The van der Waals surface area contributed by atoms with E-state index in [1.807, 2.05) is 48.5 Å². The Balaban J connectivity index is 1.49. The quantitative estimate of drug-likeness (QED) is 0.243. The molecule has 1 aliphatic rings. The van der Waals surface area contributed by atoms with Crippen molar-refractivity contribution in [3.8, 4) is 23.0 Å². The van der Waals surface area contributed by atoms with Gasteiger partial charge in [0, 0.05) is 11.1 Å². The molecule has 0 amide bonds. The lowest BCUT2D eigenvalue weighted by Crippen LogP contribution is -2.15. The number of fused-ring (bicyclic) bond motifs is 1. The van der Waals surface area contributed by atoms with Gasteiger partial charge in [0.2, 0.25) is 0 Å². The molecule has 0 atom stereocenters. The van der Waals surface area contributed by atoms with E-state index < -0.39 is 0 Å². The first kappa shape index (κ1) is 22.2. The second kappa shape index (κ2) is 10.6. The van der Waals surface area contributed by atoms with E-state index in [0.29, 0.717) is 36.9 Å². The molecule has 0 fully saturated rings. The number of ketones is 1. The standard InChI is InChI=1S/C28H26O5/c1-3-6-21-7-4-5-8-26(21)33-19-23-17-20(10-13-25(23)30-2)9-12-24(29)22-11-14-27-28(18-22)32-16-15-31-27/h3-5,7-14,17-18H,1,6,15-16,19H2,2H3/b12-9+. The fraction of sp³-hybridized carbons (Fsp3) is 0.179. The smallest absolute Gasteiger partial charge is 0.185 e. The van der Waals surface area contributed by atoms with Crippen LogP contribution < -0.4 is 18.9 Å². The third-order valence-electron chi connectivity index (χ3n) is 5.28. The molecule has 5 heteroatoms. The van der Waals surface area contributed by atoms with Crippen molar-refractivity contribution in [3.05, 3.63) is 102 Å². The Morgan fingerprint density at radius 3 is 2.61 bits per heavy atom. The molecule has 1 heterocycles. The summed E-state index contributed by atoms with van der Waals surface area (Å²) < 4.78 is 22.7. The lowest BCUT2D eigenvalue weighted by atomic mass is 10.1. The first-order valence-corrected chi connectivity index (χ1v) is 10.8. The maximum Gasteiger partial charge on any atom is 0.185 e. The lowest BCUT2D eigenvalue weighted by Gasteiger charge is -2.18. The van der Waals surface area contributed by atoms with Crippen LogP contribution in [0.2, 0.25) is 0 Å². The van der Waals surface area contributed by atoms with Crippen LogP contribution in [-0.2, 0) is 13.0 Å². The van der Waals surface area contributed by atoms with E-state index in [4.69, 9.17) is 18.9 Å². The monoisotopic (exact) mass is 442 g/mol. The number of hydrogen-bond acceptors (Lipinski definition) is 5. The normalized spacial score (nSPS) is 12.4. The van der Waals surface area contributed by atoms with Gasteiger partial charge in [-0.3, -0.25) is 4.79 Å². The maximum atomic E-state index is 12.7. The van der Waals surface area contributed by atoms with Crippen molar-refractivity contribution in [2.75, 3.05) is 20.3 Å². The summed E-state index contributed by atoms with van der Waals surface area (Å²) in [6, 6.07) is 18.9. The zero-order chi connectivity index (χ0) is 23.0. The van der Waals surface area contributed by atoms with E-state index in [1.54, 1.807) is 37.5 Å². The predicted molar refractivity (Wildman–Crippen MR) is 128 cm³/mol. The minimum Gasteiger partial charge on any atom is -0.496 e. The van der Waals surface area contributed by atoms with Crippen molar-refractivity contribution in [1.82, 2.24) is 0 Å². The molecule has 4 rings (SSSR count). The highest BCUT2D eigenvalue weighted by Gasteiger charge is 2.14. The molecule has 168 valence electrons. The number of carbonyl (C=O) groups excluding carboxylic acids is 1. The van der Waals surface area contributed by atoms with Crippen molar-refractivity contribution >= 4 is 11.9 Å². The summed E-state index contributed by atoms with van der Waals surface area (Å²) in [6.45, 7) is 5.15. The van der Waals surface area contributed by atoms with Crippen LogP contribution >= 0.6 is 0 Å². The maximum absolute atomic E-state index is 12.7. The number of allylic oxidation sites excluding steroid dienone is 2. The molecule has 0 saturated heterocycles. The Labute approximate surface area is 193 Å². The van der Waals surface area contributed by atoms with Crippen LogP contribution in [0.4, 0.5) is 0 Å². The van der Waals surface area contributed by atoms with Crippen molar-refractivity contribution in [3.63, 3.8) is 0 Å². The second-order valence-corrected chi connectivity index (χ2v) is 7.52. The molecule has 0 aromatic heterocycles. The Hall–Kier alpha value is -3.99. The van der Waals surface area contributed by atoms with Gasteiger partial charge >= 0.3 is 0 Å². The van der Waals surface area contributed by atoms with Gasteiger partial charge in [-0.1, -0.05) is 36.4 Å².